The Morgan fingerprint density at radius 2 is 2.17 bits per heavy atom. The third-order valence-corrected chi connectivity index (χ3v) is 6.23. The summed E-state index contributed by atoms with van der Waals surface area (Å²) in [5.41, 5.74) is 2.14. The molecule has 0 radical (unpaired) electrons. The highest BCUT2D eigenvalue weighted by molar-refractivity contribution is 6.76. The minimum atomic E-state index is -1.14. The van der Waals surface area contributed by atoms with Crippen molar-refractivity contribution in [3.8, 4) is 0 Å². The Kier molecular flexibility index (Phi) is 4.48. The first-order valence-electron chi connectivity index (χ1n) is 8.43. The molecule has 6 nitrogen and oxygen atoms in total. The fourth-order valence-corrected chi connectivity index (χ4v) is 3.53. The molecule has 2 atom stereocenters. The SMILES string of the molecule is CC1CC1c1cnc2c(n1)c(C(=O)O)cn2COCC[Si](C)(C)C. The molecule has 0 aromatic carbocycles. The highest BCUT2D eigenvalue weighted by Crippen LogP contribution is 2.46. The van der Waals surface area contributed by atoms with E-state index >= 15 is 0 Å². The van der Waals surface area contributed by atoms with Crippen molar-refractivity contribution in [2.75, 3.05) is 6.61 Å². The molecule has 1 saturated carbocycles. The van der Waals surface area contributed by atoms with Crippen LogP contribution in [0.4, 0.5) is 0 Å². The molecule has 1 aliphatic rings. The van der Waals surface area contributed by atoms with Gasteiger partial charge in [0.05, 0.1) is 11.9 Å². The van der Waals surface area contributed by atoms with Gasteiger partial charge in [-0.15, -0.1) is 0 Å². The molecule has 24 heavy (non-hydrogen) atoms. The van der Waals surface area contributed by atoms with Crippen LogP contribution >= 0.6 is 0 Å². The van der Waals surface area contributed by atoms with Crippen LogP contribution in [0.3, 0.4) is 0 Å². The third kappa shape index (κ3) is 3.67. The Morgan fingerprint density at radius 3 is 2.75 bits per heavy atom. The van der Waals surface area contributed by atoms with Crippen molar-refractivity contribution in [3.63, 3.8) is 0 Å². The molecular formula is C17H25N3O3Si. The van der Waals surface area contributed by atoms with E-state index in [4.69, 9.17) is 4.74 Å². The molecule has 2 unspecified atom stereocenters. The molecule has 0 amide bonds. The first-order valence-corrected chi connectivity index (χ1v) is 12.1. The summed E-state index contributed by atoms with van der Waals surface area (Å²) < 4.78 is 7.49. The lowest BCUT2D eigenvalue weighted by Crippen LogP contribution is -2.22. The second kappa shape index (κ2) is 6.29. The van der Waals surface area contributed by atoms with Crippen LogP contribution in [0.15, 0.2) is 12.4 Å². The average Bonchev–Trinajstić information content (AvgIpc) is 3.10. The van der Waals surface area contributed by atoms with E-state index in [-0.39, 0.29) is 5.56 Å². The van der Waals surface area contributed by atoms with Gasteiger partial charge in [0.25, 0.3) is 0 Å². The van der Waals surface area contributed by atoms with E-state index in [0.29, 0.717) is 36.3 Å². The van der Waals surface area contributed by atoms with Gasteiger partial charge in [-0.05, 0) is 18.4 Å². The fourth-order valence-electron chi connectivity index (χ4n) is 2.77. The first-order chi connectivity index (χ1) is 11.3. The number of carboxylic acids is 1. The summed E-state index contributed by atoms with van der Waals surface area (Å²) in [7, 11) is -1.14. The van der Waals surface area contributed by atoms with Crippen molar-refractivity contribution in [2.24, 2.45) is 5.92 Å². The number of carboxylic acid groups (broad SMARTS) is 1. The van der Waals surface area contributed by atoms with Crippen LogP contribution in [0.2, 0.25) is 25.7 Å². The Morgan fingerprint density at radius 1 is 1.46 bits per heavy atom. The summed E-state index contributed by atoms with van der Waals surface area (Å²) in [5.74, 6) is 0.0491. The third-order valence-electron chi connectivity index (χ3n) is 4.53. The van der Waals surface area contributed by atoms with Crippen LogP contribution < -0.4 is 0 Å². The highest BCUT2D eigenvalue weighted by Gasteiger charge is 2.36. The smallest absolute Gasteiger partial charge is 0.339 e. The second-order valence-electron chi connectivity index (χ2n) is 7.95. The van der Waals surface area contributed by atoms with Gasteiger partial charge in [-0.2, -0.15) is 0 Å². The summed E-state index contributed by atoms with van der Waals surface area (Å²) >= 11 is 0. The Labute approximate surface area is 142 Å². The largest absolute Gasteiger partial charge is 0.478 e. The quantitative estimate of drug-likeness (QED) is 0.612. The summed E-state index contributed by atoms with van der Waals surface area (Å²) in [4.78, 5) is 20.6. The maximum Gasteiger partial charge on any atom is 0.339 e. The molecule has 1 N–H and O–H groups in total. The van der Waals surface area contributed by atoms with Crippen molar-refractivity contribution in [1.82, 2.24) is 14.5 Å². The summed E-state index contributed by atoms with van der Waals surface area (Å²) in [6.07, 6.45) is 4.46. The van der Waals surface area contributed by atoms with E-state index in [9.17, 15) is 9.90 Å². The predicted octanol–water partition coefficient (Wildman–Crippen LogP) is 3.57. The zero-order valence-corrected chi connectivity index (χ0v) is 15.7. The molecule has 0 saturated heterocycles. The lowest BCUT2D eigenvalue weighted by Gasteiger charge is -2.15. The first kappa shape index (κ1) is 17.1. The Bertz CT molecular complexity index is 766. The average molecular weight is 347 g/mol. The van der Waals surface area contributed by atoms with Gasteiger partial charge in [-0.3, -0.25) is 0 Å². The molecule has 3 rings (SSSR count). The molecule has 0 aliphatic heterocycles. The van der Waals surface area contributed by atoms with Gasteiger partial charge in [0, 0.05) is 26.8 Å². The van der Waals surface area contributed by atoms with E-state index in [1.54, 1.807) is 17.0 Å². The van der Waals surface area contributed by atoms with E-state index in [1.165, 1.54) is 0 Å². The highest BCUT2D eigenvalue weighted by atomic mass is 28.3. The number of hydrogen-bond donors (Lipinski definition) is 1. The van der Waals surface area contributed by atoms with Crippen LogP contribution in [-0.4, -0.2) is 40.3 Å². The van der Waals surface area contributed by atoms with Crippen molar-refractivity contribution in [1.29, 1.82) is 0 Å². The normalized spacial score (nSPS) is 20.5. The van der Waals surface area contributed by atoms with Gasteiger partial charge >= 0.3 is 5.97 Å². The molecule has 0 spiro atoms. The van der Waals surface area contributed by atoms with Crippen molar-refractivity contribution in [3.05, 3.63) is 23.7 Å². The van der Waals surface area contributed by atoms with E-state index in [1.807, 2.05) is 0 Å². The number of aromatic nitrogens is 3. The molecule has 2 heterocycles. The van der Waals surface area contributed by atoms with Crippen LogP contribution in [-0.2, 0) is 11.5 Å². The van der Waals surface area contributed by atoms with Crippen LogP contribution in [0.1, 0.15) is 35.3 Å². The van der Waals surface area contributed by atoms with E-state index in [0.717, 1.165) is 18.2 Å². The molecule has 0 bridgehead atoms. The molecule has 1 fully saturated rings. The molecular weight excluding hydrogens is 322 g/mol. The van der Waals surface area contributed by atoms with Crippen LogP contribution in [0.25, 0.3) is 11.2 Å². The van der Waals surface area contributed by atoms with Crippen molar-refractivity contribution < 1.29 is 14.6 Å². The molecule has 2 aromatic rings. The summed E-state index contributed by atoms with van der Waals surface area (Å²) in [6.45, 7) is 10.1. The van der Waals surface area contributed by atoms with Crippen molar-refractivity contribution in [2.45, 2.75) is 51.7 Å². The number of fused-ring (bicyclic) bond motifs is 1. The number of ether oxygens (including phenoxy) is 1. The van der Waals surface area contributed by atoms with Crippen molar-refractivity contribution >= 4 is 25.2 Å². The van der Waals surface area contributed by atoms with Gasteiger partial charge in [-0.25, -0.2) is 14.8 Å². The molecule has 1 aliphatic carbocycles. The topological polar surface area (TPSA) is 77.2 Å². The van der Waals surface area contributed by atoms with Gasteiger partial charge in [0.1, 0.15) is 17.8 Å². The zero-order valence-electron chi connectivity index (χ0n) is 14.7. The number of carbonyl (C=O) groups is 1. The Balaban J connectivity index is 1.82. The zero-order chi connectivity index (χ0) is 17.5. The number of nitrogens with zero attached hydrogens (tertiary/aromatic N) is 3. The number of aromatic carboxylic acids is 1. The maximum absolute atomic E-state index is 11.5. The number of rotatable bonds is 7. The van der Waals surface area contributed by atoms with Gasteiger partial charge in [-0.1, -0.05) is 26.6 Å². The Hall–Kier alpha value is -1.73. The lowest BCUT2D eigenvalue weighted by atomic mass is 10.2. The second-order valence-corrected chi connectivity index (χ2v) is 13.6. The van der Waals surface area contributed by atoms with Gasteiger partial charge < -0.3 is 14.4 Å². The monoisotopic (exact) mass is 347 g/mol. The van der Waals surface area contributed by atoms with Gasteiger partial charge in [0.15, 0.2) is 5.65 Å². The fraction of sp³-hybridized carbons (Fsp3) is 0.588. The standard InChI is InChI=1S/C17H25N3O3Si/c1-11-7-12(11)14-8-18-16-15(19-14)13(17(21)22)9-20(16)10-23-5-6-24(2,3)4/h8-9,11-12H,5-7,10H2,1-4H3,(H,21,22). The summed E-state index contributed by atoms with van der Waals surface area (Å²) in [6, 6.07) is 1.08. The van der Waals surface area contributed by atoms with Crippen LogP contribution in [0, 0.1) is 5.92 Å². The minimum absolute atomic E-state index is 0.196. The lowest BCUT2D eigenvalue weighted by molar-refractivity contribution is 0.0696. The van der Waals surface area contributed by atoms with E-state index < -0.39 is 14.0 Å². The van der Waals surface area contributed by atoms with E-state index in [2.05, 4.69) is 36.5 Å². The predicted molar refractivity (Wildman–Crippen MR) is 95.1 cm³/mol. The molecule has 7 heteroatoms. The van der Waals surface area contributed by atoms with Crippen LogP contribution in [0.5, 0.6) is 0 Å². The maximum atomic E-state index is 11.5. The molecule has 2 aromatic heterocycles. The number of hydrogen-bond acceptors (Lipinski definition) is 4. The molecule has 130 valence electrons. The summed E-state index contributed by atoms with van der Waals surface area (Å²) in [5, 5.41) is 9.46. The van der Waals surface area contributed by atoms with Gasteiger partial charge in [0.2, 0.25) is 0 Å². The minimum Gasteiger partial charge on any atom is -0.478 e.